The molecule has 0 N–H and O–H groups in total. The van der Waals surface area contributed by atoms with E-state index in [-0.39, 0.29) is 29.7 Å². The highest BCUT2D eigenvalue weighted by Gasteiger charge is 2.25. The summed E-state index contributed by atoms with van der Waals surface area (Å²) >= 11 is 6.25. The van der Waals surface area contributed by atoms with Gasteiger partial charge in [0.25, 0.3) is 5.91 Å². The van der Waals surface area contributed by atoms with E-state index in [2.05, 4.69) is 4.90 Å². The molecular weight excluding hydrogens is 446 g/mol. The van der Waals surface area contributed by atoms with Gasteiger partial charge in [0.1, 0.15) is 12.4 Å². The summed E-state index contributed by atoms with van der Waals surface area (Å²) in [6, 6.07) is 15.8. The van der Waals surface area contributed by atoms with E-state index in [4.69, 9.17) is 20.8 Å². The smallest absolute Gasteiger partial charge is 0.311 e. The Hall–Kier alpha value is -3.36. The molecular formula is C24H24ClN3O5. The second kappa shape index (κ2) is 10.1. The summed E-state index contributed by atoms with van der Waals surface area (Å²) in [7, 11) is 0. The lowest BCUT2D eigenvalue weighted by Gasteiger charge is -2.34. The number of halogens is 1. The predicted octanol–water partition coefficient (Wildman–Crippen LogP) is 4.69. The third-order valence-electron chi connectivity index (χ3n) is 5.56. The van der Waals surface area contributed by atoms with Gasteiger partial charge in [0.15, 0.2) is 11.5 Å². The second-order valence-corrected chi connectivity index (χ2v) is 8.35. The van der Waals surface area contributed by atoms with E-state index in [9.17, 15) is 14.9 Å². The quantitative estimate of drug-likeness (QED) is 0.368. The van der Waals surface area contributed by atoms with Crippen molar-refractivity contribution in [1.82, 2.24) is 9.80 Å². The van der Waals surface area contributed by atoms with Gasteiger partial charge in [0.05, 0.1) is 4.92 Å². The monoisotopic (exact) mass is 469 g/mol. The van der Waals surface area contributed by atoms with Gasteiger partial charge in [-0.25, -0.2) is 0 Å². The van der Waals surface area contributed by atoms with E-state index in [1.807, 2.05) is 24.3 Å². The standard InChI is InChI=1S/C24H24ClN3O5/c1-17-6-8-22(21(14-17)28(30)31)32-16-19-7-9-23(33-19)24(29)27-12-10-26(11-13-27)15-18-4-2-3-5-20(18)25/h2-9,14H,10-13,15-16H2,1H3. The van der Waals surface area contributed by atoms with Crippen LogP contribution in [-0.4, -0.2) is 46.8 Å². The Morgan fingerprint density at radius 2 is 1.88 bits per heavy atom. The number of carbonyl (C=O) groups is 1. The number of hydrogen-bond donors (Lipinski definition) is 0. The zero-order chi connectivity index (χ0) is 23.4. The first kappa shape index (κ1) is 22.8. The molecule has 1 aromatic heterocycles. The van der Waals surface area contributed by atoms with Gasteiger partial charge in [-0.3, -0.25) is 19.8 Å². The molecule has 0 unspecified atom stereocenters. The number of furan rings is 1. The molecule has 0 saturated carbocycles. The van der Waals surface area contributed by atoms with Crippen molar-refractivity contribution in [1.29, 1.82) is 0 Å². The number of benzene rings is 2. The van der Waals surface area contributed by atoms with Crippen molar-refractivity contribution < 1.29 is 18.9 Å². The van der Waals surface area contributed by atoms with Gasteiger partial charge in [-0.2, -0.15) is 0 Å². The van der Waals surface area contributed by atoms with Crippen molar-refractivity contribution >= 4 is 23.2 Å². The highest BCUT2D eigenvalue weighted by atomic mass is 35.5. The van der Waals surface area contributed by atoms with E-state index in [0.717, 1.165) is 35.8 Å². The number of nitrogens with zero attached hydrogens (tertiary/aromatic N) is 3. The largest absolute Gasteiger partial charge is 0.479 e. The minimum absolute atomic E-state index is 0.0111. The van der Waals surface area contributed by atoms with Crippen molar-refractivity contribution in [2.45, 2.75) is 20.1 Å². The Morgan fingerprint density at radius 1 is 1.12 bits per heavy atom. The normalized spacial score (nSPS) is 14.3. The minimum Gasteiger partial charge on any atom is -0.479 e. The summed E-state index contributed by atoms with van der Waals surface area (Å²) in [4.78, 5) is 27.6. The van der Waals surface area contributed by atoms with Gasteiger partial charge in [-0.05, 0) is 42.3 Å². The average molecular weight is 470 g/mol. The van der Waals surface area contributed by atoms with Crippen molar-refractivity contribution in [2.75, 3.05) is 26.2 Å². The van der Waals surface area contributed by atoms with Crippen LogP contribution in [0.3, 0.4) is 0 Å². The number of amides is 1. The fourth-order valence-corrected chi connectivity index (χ4v) is 3.94. The molecule has 0 radical (unpaired) electrons. The summed E-state index contributed by atoms with van der Waals surface area (Å²) in [5, 5.41) is 12.0. The maximum absolute atomic E-state index is 12.8. The van der Waals surface area contributed by atoms with Crippen LogP contribution in [0.25, 0.3) is 0 Å². The lowest BCUT2D eigenvalue weighted by atomic mass is 10.2. The maximum Gasteiger partial charge on any atom is 0.311 e. The Balaban J connectivity index is 1.31. The highest BCUT2D eigenvalue weighted by molar-refractivity contribution is 6.31. The van der Waals surface area contributed by atoms with Crippen LogP contribution in [0.2, 0.25) is 5.02 Å². The van der Waals surface area contributed by atoms with Gasteiger partial charge < -0.3 is 14.1 Å². The van der Waals surface area contributed by atoms with Gasteiger partial charge in [-0.15, -0.1) is 0 Å². The zero-order valence-corrected chi connectivity index (χ0v) is 19.0. The number of ether oxygens (including phenoxy) is 1. The molecule has 1 fully saturated rings. The molecule has 4 rings (SSSR count). The number of nitro benzene ring substituents is 1. The van der Waals surface area contributed by atoms with E-state index >= 15 is 0 Å². The van der Waals surface area contributed by atoms with Crippen LogP contribution in [0.5, 0.6) is 5.75 Å². The van der Waals surface area contributed by atoms with E-state index in [0.29, 0.717) is 18.8 Å². The van der Waals surface area contributed by atoms with Gasteiger partial charge in [0, 0.05) is 43.8 Å². The molecule has 8 nitrogen and oxygen atoms in total. The molecule has 1 aliphatic rings. The molecule has 2 heterocycles. The molecule has 1 amide bonds. The summed E-state index contributed by atoms with van der Waals surface area (Å²) in [5.74, 6) is 0.626. The zero-order valence-electron chi connectivity index (χ0n) is 18.2. The Kier molecular flexibility index (Phi) is 6.96. The summed E-state index contributed by atoms with van der Waals surface area (Å²) in [6.07, 6.45) is 0. The average Bonchev–Trinajstić information content (AvgIpc) is 3.29. The van der Waals surface area contributed by atoms with Crippen LogP contribution in [0.4, 0.5) is 5.69 Å². The number of aryl methyl sites for hydroxylation is 1. The molecule has 0 atom stereocenters. The SMILES string of the molecule is Cc1ccc(OCc2ccc(C(=O)N3CCN(Cc4ccccc4Cl)CC3)o2)c([N+](=O)[O-])c1. The molecule has 33 heavy (non-hydrogen) atoms. The molecule has 1 aliphatic heterocycles. The van der Waals surface area contributed by atoms with Crippen LogP contribution in [0.15, 0.2) is 59.0 Å². The Bertz CT molecular complexity index is 1150. The van der Waals surface area contributed by atoms with E-state index in [1.165, 1.54) is 6.07 Å². The maximum atomic E-state index is 12.8. The molecule has 0 spiro atoms. The summed E-state index contributed by atoms with van der Waals surface area (Å²) in [5.41, 5.74) is 1.74. The third-order valence-corrected chi connectivity index (χ3v) is 5.93. The van der Waals surface area contributed by atoms with Crippen molar-refractivity contribution in [2.24, 2.45) is 0 Å². The fraction of sp³-hybridized carbons (Fsp3) is 0.292. The second-order valence-electron chi connectivity index (χ2n) is 7.94. The van der Waals surface area contributed by atoms with Gasteiger partial charge in [0.2, 0.25) is 0 Å². The third kappa shape index (κ3) is 5.53. The number of hydrogen-bond acceptors (Lipinski definition) is 6. The van der Waals surface area contributed by atoms with Crippen molar-refractivity contribution in [3.63, 3.8) is 0 Å². The molecule has 1 saturated heterocycles. The lowest BCUT2D eigenvalue weighted by molar-refractivity contribution is -0.386. The van der Waals surface area contributed by atoms with Gasteiger partial charge in [-0.1, -0.05) is 35.9 Å². The molecule has 172 valence electrons. The van der Waals surface area contributed by atoms with E-state index < -0.39 is 4.92 Å². The lowest BCUT2D eigenvalue weighted by Crippen LogP contribution is -2.48. The minimum atomic E-state index is -0.481. The highest BCUT2D eigenvalue weighted by Crippen LogP contribution is 2.28. The Labute approximate surface area is 196 Å². The van der Waals surface area contributed by atoms with E-state index in [1.54, 1.807) is 36.1 Å². The molecule has 3 aromatic rings. The Morgan fingerprint density at radius 3 is 2.61 bits per heavy atom. The van der Waals surface area contributed by atoms with Crippen LogP contribution in [0.1, 0.15) is 27.4 Å². The predicted molar refractivity (Wildman–Crippen MR) is 124 cm³/mol. The number of carbonyl (C=O) groups excluding carboxylic acids is 1. The molecule has 2 aromatic carbocycles. The summed E-state index contributed by atoms with van der Waals surface area (Å²) < 4.78 is 11.2. The number of piperazine rings is 1. The van der Waals surface area contributed by atoms with Crippen molar-refractivity contribution in [3.8, 4) is 5.75 Å². The molecule has 9 heteroatoms. The first-order valence-corrected chi connectivity index (χ1v) is 11.0. The fourth-order valence-electron chi connectivity index (χ4n) is 3.74. The molecule has 0 bridgehead atoms. The first-order valence-electron chi connectivity index (χ1n) is 10.6. The van der Waals surface area contributed by atoms with Gasteiger partial charge >= 0.3 is 5.69 Å². The van der Waals surface area contributed by atoms with Crippen LogP contribution >= 0.6 is 11.6 Å². The first-order chi connectivity index (χ1) is 15.9. The van der Waals surface area contributed by atoms with Crippen LogP contribution in [0, 0.1) is 17.0 Å². The van der Waals surface area contributed by atoms with Crippen molar-refractivity contribution in [3.05, 3.63) is 92.4 Å². The summed E-state index contributed by atoms with van der Waals surface area (Å²) in [6.45, 7) is 5.17. The van der Waals surface area contributed by atoms with Crippen LogP contribution < -0.4 is 4.74 Å². The molecule has 0 aliphatic carbocycles. The van der Waals surface area contributed by atoms with Crippen LogP contribution in [-0.2, 0) is 13.2 Å². The topological polar surface area (TPSA) is 89.1 Å². The number of rotatable bonds is 7. The number of nitro groups is 1.